The molecule has 10 atom stereocenters. The molecule has 87 heavy (non-hydrogen) atoms. The Hall–Kier alpha value is -3.36. The summed E-state index contributed by atoms with van der Waals surface area (Å²) in [6.07, 6.45) is -4.14. The van der Waals surface area contributed by atoms with E-state index in [1.54, 1.807) is 21.1 Å². The van der Waals surface area contributed by atoms with Crippen LogP contribution in [0.5, 0.6) is 11.5 Å². The number of allylic oxidation sites excluding steroid dienone is 3. The summed E-state index contributed by atoms with van der Waals surface area (Å²) in [5, 5.41) is 125. The van der Waals surface area contributed by atoms with Crippen molar-refractivity contribution in [3.63, 3.8) is 0 Å². The van der Waals surface area contributed by atoms with E-state index in [0.717, 1.165) is 29.1 Å². The molecule has 0 aliphatic heterocycles. The van der Waals surface area contributed by atoms with Gasteiger partial charge in [0.05, 0.1) is 121 Å². The normalized spacial score (nSPS) is 15.1. The molecular weight excluding hydrogens is 1120 g/mol. The molecule has 0 fully saturated rings. The van der Waals surface area contributed by atoms with E-state index in [0.29, 0.717) is 75.0 Å². The predicted octanol–water partition coefficient (Wildman–Crippen LogP) is 7.93. The molecule has 0 radical (unpaired) electrons. The van der Waals surface area contributed by atoms with Gasteiger partial charge >= 0.3 is 0 Å². The molecule has 0 aliphatic carbocycles. The van der Waals surface area contributed by atoms with Crippen molar-refractivity contribution in [3.8, 4) is 11.5 Å². The summed E-state index contributed by atoms with van der Waals surface area (Å²) in [6.45, 7) is 29.7. The largest absolute Gasteiger partial charge is 0.494 e. The number of rotatable bonds is 41. The van der Waals surface area contributed by atoms with E-state index in [1.807, 2.05) is 96.1 Å². The molecule has 0 aliphatic rings. The minimum absolute atomic E-state index is 0.0153. The van der Waals surface area contributed by atoms with Gasteiger partial charge in [0, 0.05) is 27.4 Å². The van der Waals surface area contributed by atoms with Crippen molar-refractivity contribution in [1.29, 1.82) is 0 Å². The highest BCUT2D eigenvalue weighted by molar-refractivity contribution is 5.29. The molecule has 2 aromatic rings. The first-order valence-corrected chi connectivity index (χ1v) is 31.2. The van der Waals surface area contributed by atoms with Crippen LogP contribution in [-0.4, -0.2) is 201 Å². The fourth-order valence-corrected chi connectivity index (χ4v) is 7.38. The van der Waals surface area contributed by atoms with Crippen LogP contribution in [0.15, 0.2) is 71.7 Å². The summed E-state index contributed by atoms with van der Waals surface area (Å²) in [6, 6.07) is 15.3. The zero-order valence-electron chi connectivity index (χ0n) is 56.1. The van der Waals surface area contributed by atoms with Gasteiger partial charge in [-0.05, 0) is 158 Å². The van der Waals surface area contributed by atoms with Gasteiger partial charge in [-0.15, -0.1) is 0 Å². The van der Waals surface area contributed by atoms with Gasteiger partial charge in [0.1, 0.15) is 23.0 Å². The summed E-state index contributed by atoms with van der Waals surface area (Å²) in [4.78, 5) is 0. The highest BCUT2D eigenvalue weighted by atomic mass is 16.5. The maximum absolute atomic E-state index is 10.8. The van der Waals surface area contributed by atoms with Crippen LogP contribution in [0.25, 0.3) is 0 Å². The number of hydrogen-bond donors (Lipinski definition) is 13. The summed E-state index contributed by atoms with van der Waals surface area (Å²) in [5.41, 5.74) is 2.99. The maximum Gasteiger partial charge on any atom is 0.138 e. The van der Waals surface area contributed by atoms with E-state index >= 15 is 0 Å². The molecular formula is C67H126O20. The Morgan fingerprint density at radius 3 is 1.21 bits per heavy atom. The van der Waals surface area contributed by atoms with Crippen LogP contribution in [0.2, 0.25) is 0 Å². The Morgan fingerprint density at radius 1 is 0.460 bits per heavy atom. The lowest BCUT2D eigenvalue weighted by molar-refractivity contribution is -0.0388. The molecule has 13 N–H and O–H groups in total. The minimum Gasteiger partial charge on any atom is -0.494 e. The molecule has 20 heteroatoms. The number of methoxy groups -OCH3 is 2. The fraction of sp³-hybridized carbons (Fsp3) is 0.761. The van der Waals surface area contributed by atoms with Gasteiger partial charge in [0.15, 0.2) is 0 Å². The molecule has 0 bridgehead atoms. The number of ether oxygens (including phenoxy) is 7. The summed E-state index contributed by atoms with van der Waals surface area (Å²) < 4.78 is 37.6. The lowest BCUT2D eigenvalue weighted by atomic mass is 9.94. The Balaban J connectivity index is -0.000000745. The van der Waals surface area contributed by atoms with E-state index < -0.39 is 54.9 Å². The lowest BCUT2D eigenvalue weighted by Gasteiger charge is -2.25. The van der Waals surface area contributed by atoms with Crippen LogP contribution < -0.4 is 9.47 Å². The van der Waals surface area contributed by atoms with Gasteiger partial charge in [-0.3, -0.25) is 0 Å². The monoisotopic (exact) mass is 1250 g/mol. The standard InChI is InChI=1S/C38H68O12.C15H24O3.C5H10O.2C3H8O2.C3H8/c1-24(2)13-30(41)14-31(42)15-32(43)16-33(44)17-34(45)18-35(46)19-36(47)21-38(20-29(40)11-12-39)49-23-28-7-9-37(10-8-28)50-27(6)26(5)48-22-25(3)4;1-12(2)10-18-15-6-4-14(5-7-15)11-17-9-8-13(3)16;1-3-5(2)4-6;2*1-5-3-2-4;1-3-2/h7-10,24-25,29-36,38-47H,11-23H2,1-6H3;4-7,12-13,16H,8-11H2,1-3H3;3,6H,4H2,1-2H3;2*4H,2-3H2,1H3;3H2,1-2H3. The van der Waals surface area contributed by atoms with E-state index in [4.69, 9.17) is 44.1 Å². The first-order valence-electron chi connectivity index (χ1n) is 31.2. The average molecular weight is 1250 g/mol. The lowest BCUT2D eigenvalue weighted by Crippen LogP contribution is -2.31. The van der Waals surface area contributed by atoms with E-state index in [2.05, 4.69) is 51.0 Å². The molecule has 0 amide bonds. The van der Waals surface area contributed by atoms with E-state index in [1.165, 1.54) is 6.42 Å². The van der Waals surface area contributed by atoms with Gasteiger partial charge < -0.3 is 99.5 Å². The second-order valence-electron chi connectivity index (χ2n) is 23.2. The topological polar surface area (TPSA) is 328 Å². The predicted molar refractivity (Wildman–Crippen MR) is 344 cm³/mol. The third-order valence-corrected chi connectivity index (χ3v) is 12.1. The quantitative estimate of drug-likeness (QED) is 0.0171. The zero-order valence-corrected chi connectivity index (χ0v) is 56.1. The molecule has 514 valence electrons. The smallest absolute Gasteiger partial charge is 0.138 e. The first-order chi connectivity index (χ1) is 41.1. The summed E-state index contributed by atoms with van der Waals surface area (Å²) in [5.74, 6) is 4.11. The molecule has 20 nitrogen and oxygen atoms in total. The number of aliphatic hydroxyl groups excluding tert-OH is 13. The van der Waals surface area contributed by atoms with Gasteiger partial charge in [-0.2, -0.15) is 0 Å². The van der Waals surface area contributed by atoms with Crippen molar-refractivity contribution in [1.82, 2.24) is 0 Å². The molecule has 2 aromatic carbocycles. The van der Waals surface area contributed by atoms with Crippen LogP contribution in [0.3, 0.4) is 0 Å². The molecule has 2 rings (SSSR count). The van der Waals surface area contributed by atoms with Crippen molar-refractivity contribution in [2.45, 2.75) is 241 Å². The molecule has 0 aromatic heterocycles. The van der Waals surface area contributed by atoms with Gasteiger partial charge in [-0.25, -0.2) is 0 Å². The number of aliphatic hydroxyl groups is 13. The Bertz CT molecular complexity index is 1820. The molecule has 0 spiro atoms. The zero-order chi connectivity index (χ0) is 67.1. The van der Waals surface area contributed by atoms with Crippen LogP contribution in [-0.2, 0) is 36.9 Å². The SMILES string of the molecule is CC(C)COc1ccc(COCCC(C)O)cc1.CC(OCC(C)C)=C(C)Oc1ccc(COC(CC(O)CCO)CC(O)CC(O)CC(O)CC(O)CC(O)CC(O)CC(O)CC(C)C)cc1.CC=C(C)CO.CCC.COCCO.COCCO. The summed E-state index contributed by atoms with van der Waals surface area (Å²) in [7, 11) is 3.10. The average Bonchev–Trinajstić information content (AvgIpc) is 3.65. The number of hydrogen-bond acceptors (Lipinski definition) is 20. The molecule has 10 unspecified atom stereocenters. The van der Waals surface area contributed by atoms with E-state index in [-0.39, 0.29) is 103 Å². The van der Waals surface area contributed by atoms with Crippen LogP contribution >= 0.6 is 0 Å². The Morgan fingerprint density at radius 2 is 0.862 bits per heavy atom. The Kier molecular flexibility index (Phi) is 62.3. The second kappa shape index (κ2) is 60.2. The number of benzene rings is 2. The third kappa shape index (κ3) is 61.3. The van der Waals surface area contributed by atoms with Crippen molar-refractivity contribution in [3.05, 3.63) is 82.8 Å². The van der Waals surface area contributed by atoms with Crippen LogP contribution in [0.1, 0.15) is 178 Å². The van der Waals surface area contributed by atoms with E-state index in [9.17, 15) is 46.0 Å². The van der Waals surface area contributed by atoms with Gasteiger partial charge in [-0.1, -0.05) is 97.7 Å². The van der Waals surface area contributed by atoms with Crippen molar-refractivity contribution in [2.24, 2.45) is 17.8 Å². The molecule has 0 saturated heterocycles. The van der Waals surface area contributed by atoms with Crippen molar-refractivity contribution < 1.29 is 99.5 Å². The second-order valence-corrected chi connectivity index (χ2v) is 23.2. The van der Waals surface area contributed by atoms with Crippen LogP contribution in [0.4, 0.5) is 0 Å². The highest BCUT2D eigenvalue weighted by Crippen LogP contribution is 2.23. The fourth-order valence-electron chi connectivity index (χ4n) is 7.38. The highest BCUT2D eigenvalue weighted by Gasteiger charge is 2.25. The van der Waals surface area contributed by atoms with Gasteiger partial charge in [0.2, 0.25) is 0 Å². The van der Waals surface area contributed by atoms with Crippen molar-refractivity contribution >= 4 is 0 Å². The van der Waals surface area contributed by atoms with Crippen LogP contribution in [0, 0.1) is 17.8 Å². The minimum atomic E-state index is -1.10. The third-order valence-electron chi connectivity index (χ3n) is 12.1. The van der Waals surface area contributed by atoms with Crippen molar-refractivity contribution in [2.75, 3.05) is 73.7 Å². The molecule has 0 saturated carbocycles. The first kappa shape index (κ1) is 90.1. The maximum atomic E-state index is 10.8. The van der Waals surface area contributed by atoms with Gasteiger partial charge in [0.25, 0.3) is 0 Å². The summed E-state index contributed by atoms with van der Waals surface area (Å²) >= 11 is 0. The Labute approximate surface area is 524 Å². The molecule has 0 heterocycles.